The van der Waals surface area contributed by atoms with E-state index in [9.17, 15) is 24.5 Å². The summed E-state index contributed by atoms with van der Waals surface area (Å²) >= 11 is 0. The van der Waals surface area contributed by atoms with Gasteiger partial charge in [-0.25, -0.2) is 0 Å². The van der Waals surface area contributed by atoms with E-state index < -0.39 is 34.9 Å². The number of benzene rings is 2. The maximum absolute atomic E-state index is 12.6. The second-order valence-electron chi connectivity index (χ2n) is 6.23. The smallest absolute Gasteiger partial charge is 0.282 e. The van der Waals surface area contributed by atoms with Crippen molar-refractivity contribution in [3.63, 3.8) is 0 Å². The average Bonchev–Trinajstić information content (AvgIpc) is 2.95. The lowest BCUT2D eigenvalue weighted by atomic mass is 10.1. The number of rotatable bonds is 8. The van der Waals surface area contributed by atoms with E-state index in [2.05, 4.69) is 5.32 Å². The third kappa shape index (κ3) is 3.93. The van der Waals surface area contributed by atoms with E-state index in [4.69, 9.17) is 9.47 Å². The van der Waals surface area contributed by atoms with Gasteiger partial charge in [-0.2, -0.15) is 0 Å². The molecule has 1 heterocycles. The fraction of sp³-hybridized carbons (Fsp3) is 0.250. The highest BCUT2D eigenvalue weighted by atomic mass is 16.6. The third-order valence-electron chi connectivity index (χ3n) is 4.30. The summed E-state index contributed by atoms with van der Waals surface area (Å²) in [4.78, 5) is 48.6. The van der Waals surface area contributed by atoms with Crippen molar-refractivity contribution in [1.29, 1.82) is 0 Å². The van der Waals surface area contributed by atoms with Crippen molar-refractivity contribution >= 4 is 29.1 Å². The molecule has 0 bridgehead atoms. The number of ether oxygens (including phenoxy) is 2. The molecule has 0 atom stereocenters. The van der Waals surface area contributed by atoms with Crippen LogP contribution >= 0.6 is 0 Å². The first-order valence-corrected chi connectivity index (χ1v) is 9.20. The predicted octanol–water partition coefficient (Wildman–Crippen LogP) is 2.63. The number of anilines is 1. The summed E-state index contributed by atoms with van der Waals surface area (Å²) in [6.45, 7) is 3.89. The monoisotopic (exact) mass is 413 g/mol. The Morgan fingerprint density at radius 3 is 2.43 bits per heavy atom. The molecule has 2 aromatic carbocycles. The molecule has 0 radical (unpaired) electrons. The lowest BCUT2D eigenvalue weighted by molar-refractivity contribution is -0.385. The van der Waals surface area contributed by atoms with Crippen LogP contribution in [0.25, 0.3) is 0 Å². The van der Waals surface area contributed by atoms with E-state index in [1.54, 1.807) is 18.2 Å². The molecule has 2 aromatic rings. The first kappa shape index (κ1) is 20.8. The Labute approximate surface area is 171 Å². The largest absolute Gasteiger partial charge is 0.490 e. The number of hydrogen-bond acceptors (Lipinski definition) is 7. The van der Waals surface area contributed by atoms with E-state index in [1.807, 2.05) is 13.8 Å². The summed E-state index contributed by atoms with van der Waals surface area (Å²) in [7, 11) is 0. The molecule has 0 fully saturated rings. The van der Waals surface area contributed by atoms with Crippen LogP contribution in [-0.4, -0.2) is 47.3 Å². The Morgan fingerprint density at radius 1 is 1.07 bits per heavy atom. The minimum absolute atomic E-state index is 0.0956. The normalized spacial score (nSPS) is 12.5. The molecule has 0 aromatic heterocycles. The van der Waals surface area contributed by atoms with Gasteiger partial charge in [-0.3, -0.25) is 29.4 Å². The summed E-state index contributed by atoms with van der Waals surface area (Å²) in [5.74, 6) is -1.31. The van der Waals surface area contributed by atoms with Crippen molar-refractivity contribution in [2.45, 2.75) is 13.8 Å². The zero-order valence-corrected chi connectivity index (χ0v) is 16.3. The Balaban J connectivity index is 1.76. The lowest BCUT2D eigenvalue weighted by Gasteiger charge is -2.15. The molecule has 10 nitrogen and oxygen atoms in total. The average molecular weight is 413 g/mol. The van der Waals surface area contributed by atoms with Crippen molar-refractivity contribution in [2.24, 2.45) is 0 Å². The SMILES string of the molecule is CCOc1ccc(NC(=O)CN2C(=O)c3cccc([N+](=O)[O-])c3C2=O)cc1OCC. The van der Waals surface area contributed by atoms with Gasteiger partial charge in [-0.1, -0.05) is 6.07 Å². The molecular formula is C20H19N3O7. The van der Waals surface area contributed by atoms with Gasteiger partial charge in [0.2, 0.25) is 5.91 Å². The minimum Gasteiger partial charge on any atom is -0.490 e. The van der Waals surface area contributed by atoms with Crippen molar-refractivity contribution in [3.05, 3.63) is 57.6 Å². The molecule has 30 heavy (non-hydrogen) atoms. The zero-order valence-electron chi connectivity index (χ0n) is 16.3. The van der Waals surface area contributed by atoms with Crippen LogP contribution in [0.15, 0.2) is 36.4 Å². The number of amides is 3. The first-order chi connectivity index (χ1) is 14.4. The minimum atomic E-state index is -0.876. The molecule has 3 rings (SSSR count). The molecule has 0 spiro atoms. The molecule has 0 unspecified atom stereocenters. The van der Waals surface area contributed by atoms with Gasteiger partial charge in [0.05, 0.1) is 23.7 Å². The van der Waals surface area contributed by atoms with Crippen LogP contribution in [0.1, 0.15) is 34.6 Å². The fourth-order valence-corrected chi connectivity index (χ4v) is 3.08. The standard InChI is InChI=1S/C20H19N3O7/c1-3-29-15-9-8-12(10-16(15)30-4-2)21-17(24)11-22-19(25)13-6-5-7-14(23(27)28)18(13)20(22)26/h5-10H,3-4,11H2,1-2H3,(H,21,24). The van der Waals surface area contributed by atoms with E-state index >= 15 is 0 Å². The van der Waals surface area contributed by atoms with Gasteiger partial charge >= 0.3 is 0 Å². The van der Waals surface area contributed by atoms with Crippen molar-refractivity contribution < 1.29 is 28.8 Å². The van der Waals surface area contributed by atoms with E-state index in [0.29, 0.717) is 35.3 Å². The van der Waals surface area contributed by atoms with Gasteiger partial charge in [-0.15, -0.1) is 0 Å². The molecule has 1 aliphatic rings. The van der Waals surface area contributed by atoms with Gasteiger partial charge in [0.15, 0.2) is 11.5 Å². The van der Waals surface area contributed by atoms with Crippen LogP contribution in [-0.2, 0) is 4.79 Å². The van der Waals surface area contributed by atoms with Gasteiger partial charge in [-0.05, 0) is 32.0 Å². The van der Waals surface area contributed by atoms with Gasteiger partial charge in [0.1, 0.15) is 12.1 Å². The predicted molar refractivity (Wildman–Crippen MR) is 106 cm³/mol. The van der Waals surface area contributed by atoms with Crippen LogP contribution in [0.3, 0.4) is 0 Å². The third-order valence-corrected chi connectivity index (χ3v) is 4.30. The summed E-state index contributed by atoms with van der Waals surface area (Å²) in [6, 6.07) is 8.58. The maximum Gasteiger partial charge on any atom is 0.282 e. The Hall–Kier alpha value is -3.95. The molecule has 0 aliphatic carbocycles. The Kier molecular flexibility index (Phi) is 5.95. The highest BCUT2D eigenvalue weighted by molar-refractivity contribution is 6.24. The maximum atomic E-state index is 12.6. The molecule has 3 amide bonds. The molecule has 1 aliphatic heterocycles. The number of nitrogens with zero attached hydrogens (tertiary/aromatic N) is 2. The Morgan fingerprint density at radius 2 is 1.77 bits per heavy atom. The second-order valence-corrected chi connectivity index (χ2v) is 6.23. The highest BCUT2D eigenvalue weighted by Gasteiger charge is 2.41. The van der Waals surface area contributed by atoms with E-state index in [1.165, 1.54) is 12.1 Å². The van der Waals surface area contributed by atoms with E-state index in [0.717, 1.165) is 6.07 Å². The molecule has 0 saturated carbocycles. The number of nitrogens with one attached hydrogen (secondary N) is 1. The summed E-state index contributed by atoms with van der Waals surface area (Å²) in [6.07, 6.45) is 0. The van der Waals surface area contributed by atoms with Crippen molar-refractivity contribution in [2.75, 3.05) is 25.1 Å². The van der Waals surface area contributed by atoms with Gasteiger partial charge in [0, 0.05) is 17.8 Å². The molecule has 1 N–H and O–H groups in total. The second kappa shape index (κ2) is 8.60. The van der Waals surface area contributed by atoms with Crippen LogP contribution in [0.2, 0.25) is 0 Å². The van der Waals surface area contributed by atoms with Gasteiger partial charge < -0.3 is 14.8 Å². The number of nitro groups is 1. The molecule has 10 heteroatoms. The molecular weight excluding hydrogens is 394 g/mol. The lowest BCUT2D eigenvalue weighted by Crippen LogP contribution is -2.37. The number of imide groups is 1. The molecule has 156 valence electrons. The zero-order chi connectivity index (χ0) is 21.8. The van der Waals surface area contributed by atoms with Gasteiger partial charge in [0.25, 0.3) is 17.5 Å². The number of fused-ring (bicyclic) bond motifs is 1. The van der Waals surface area contributed by atoms with Crippen LogP contribution in [0.5, 0.6) is 11.5 Å². The quantitative estimate of drug-likeness (QED) is 0.400. The summed E-state index contributed by atoms with van der Waals surface area (Å²) in [5, 5.41) is 13.8. The van der Waals surface area contributed by atoms with E-state index in [-0.39, 0.29) is 11.1 Å². The highest BCUT2D eigenvalue weighted by Crippen LogP contribution is 2.32. The topological polar surface area (TPSA) is 128 Å². The molecule has 0 saturated heterocycles. The summed E-state index contributed by atoms with van der Waals surface area (Å²) < 4.78 is 11.0. The van der Waals surface area contributed by atoms with Crippen LogP contribution < -0.4 is 14.8 Å². The number of carbonyl (C=O) groups is 3. The summed E-state index contributed by atoms with van der Waals surface area (Å²) in [5.41, 5.74) is -0.488. The number of hydrogen-bond donors (Lipinski definition) is 1. The van der Waals surface area contributed by atoms with Crippen molar-refractivity contribution in [1.82, 2.24) is 4.90 Å². The van der Waals surface area contributed by atoms with Crippen LogP contribution in [0, 0.1) is 10.1 Å². The number of nitro benzene ring substituents is 1. The Bertz CT molecular complexity index is 1040. The van der Waals surface area contributed by atoms with Crippen molar-refractivity contribution in [3.8, 4) is 11.5 Å². The van der Waals surface area contributed by atoms with Crippen LogP contribution in [0.4, 0.5) is 11.4 Å². The fourth-order valence-electron chi connectivity index (χ4n) is 3.08. The number of carbonyl (C=O) groups excluding carboxylic acids is 3. The first-order valence-electron chi connectivity index (χ1n) is 9.20.